The third-order valence-corrected chi connectivity index (χ3v) is 5.02. The van der Waals surface area contributed by atoms with E-state index in [4.69, 9.17) is 9.47 Å². The molecule has 2 heterocycles. The standard InChI is InChI=1S/C17H20N4O4S/c1-4-9(2)14(18-10(3)22)15(23)19-17-21-20-16(26-17)11-5-6-12-13(7-11)25-8-24-12/h5-7,9,14H,4,8H2,1-3H3,(H,18,22)(H,19,21,23)/t9-,14-/m0/s1. The van der Waals surface area contributed by atoms with E-state index in [1.165, 1.54) is 18.3 Å². The van der Waals surface area contributed by atoms with Crippen LogP contribution in [-0.4, -0.2) is 34.8 Å². The number of aromatic nitrogens is 2. The smallest absolute Gasteiger partial charge is 0.249 e. The lowest BCUT2D eigenvalue weighted by Gasteiger charge is -2.22. The number of rotatable bonds is 6. The predicted molar refractivity (Wildman–Crippen MR) is 97.2 cm³/mol. The van der Waals surface area contributed by atoms with Gasteiger partial charge < -0.3 is 14.8 Å². The van der Waals surface area contributed by atoms with E-state index in [9.17, 15) is 9.59 Å². The monoisotopic (exact) mass is 376 g/mol. The summed E-state index contributed by atoms with van der Waals surface area (Å²) < 4.78 is 10.7. The van der Waals surface area contributed by atoms with E-state index in [0.717, 1.165) is 12.0 Å². The minimum Gasteiger partial charge on any atom is -0.454 e. The fourth-order valence-electron chi connectivity index (χ4n) is 2.52. The molecule has 0 radical (unpaired) electrons. The molecule has 0 spiro atoms. The molecule has 1 aliphatic rings. The Balaban J connectivity index is 1.73. The summed E-state index contributed by atoms with van der Waals surface area (Å²) in [6, 6.07) is 4.88. The van der Waals surface area contributed by atoms with Crippen LogP contribution in [0.5, 0.6) is 11.5 Å². The van der Waals surface area contributed by atoms with Gasteiger partial charge in [0, 0.05) is 12.5 Å². The Morgan fingerprint density at radius 1 is 1.27 bits per heavy atom. The third kappa shape index (κ3) is 3.93. The maximum absolute atomic E-state index is 12.5. The fourth-order valence-corrected chi connectivity index (χ4v) is 3.27. The van der Waals surface area contributed by atoms with E-state index in [0.29, 0.717) is 21.6 Å². The first-order valence-electron chi connectivity index (χ1n) is 8.29. The maximum atomic E-state index is 12.5. The summed E-state index contributed by atoms with van der Waals surface area (Å²) >= 11 is 1.25. The van der Waals surface area contributed by atoms with Gasteiger partial charge >= 0.3 is 0 Å². The molecule has 138 valence electrons. The summed E-state index contributed by atoms with van der Waals surface area (Å²) in [6.07, 6.45) is 0.761. The molecule has 0 unspecified atom stereocenters. The number of hydrogen-bond acceptors (Lipinski definition) is 7. The van der Waals surface area contributed by atoms with Gasteiger partial charge in [0.2, 0.25) is 23.7 Å². The predicted octanol–water partition coefficient (Wildman–Crippen LogP) is 2.42. The summed E-state index contributed by atoms with van der Waals surface area (Å²) in [4.78, 5) is 23.9. The normalized spacial score (nSPS) is 14.6. The van der Waals surface area contributed by atoms with E-state index >= 15 is 0 Å². The van der Waals surface area contributed by atoms with Crippen LogP contribution in [0.3, 0.4) is 0 Å². The Morgan fingerprint density at radius 2 is 2.04 bits per heavy atom. The van der Waals surface area contributed by atoms with Crippen LogP contribution >= 0.6 is 11.3 Å². The fraction of sp³-hybridized carbons (Fsp3) is 0.412. The summed E-state index contributed by atoms with van der Waals surface area (Å²) in [5.74, 6) is 0.802. The van der Waals surface area contributed by atoms with Crippen molar-refractivity contribution in [1.82, 2.24) is 15.5 Å². The van der Waals surface area contributed by atoms with Crippen molar-refractivity contribution >= 4 is 28.3 Å². The average molecular weight is 376 g/mol. The van der Waals surface area contributed by atoms with Crippen molar-refractivity contribution in [3.63, 3.8) is 0 Å². The number of ether oxygens (including phenoxy) is 2. The quantitative estimate of drug-likeness (QED) is 0.803. The SMILES string of the molecule is CC[C@H](C)[C@H](NC(C)=O)C(=O)Nc1nnc(-c2ccc3c(c2)OCO3)s1. The summed E-state index contributed by atoms with van der Waals surface area (Å²) in [5.41, 5.74) is 0.826. The minimum absolute atomic E-state index is 0.000140. The lowest BCUT2D eigenvalue weighted by molar-refractivity contribution is -0.126. The molecule has 2 atom stereocenters. The number of benzene rings is 1. The Morgan fingerprint density at radius 3 is 2.77 bits per heavy atom. The van der Waals surface area contributed by atoms with Crippen LogP contribution in [0.4, 0.5) is 5.13 Å². The molecule has 1 aromatic heterocycles. The van der Waals surface area contributed by atoms with Crippen molar-refractivity contribution in [3.8, 4) is 22.1 Å². The van der Waals surface area contributed by atoms with Crippen LogP contribution in [0.2, 0.25) is 0 Å². The molecular formula is C17H20N4O4S. The summed E-state index contributed by atoms with van der Waals surface area (Å²) in [7, 11) is 0. The van der Waals surface area contributed by atoms with Crippen LogP contribution in [0, 0.1) is 5.92 Å². The number of hydrogen-bond donors (Lipinski definition) is 2. The van der Waals surface area contributed by atoms with Crippen LogP contribution in [0.15, 0.2) is 18.2 Å². The van der Waals surface area contributed by atoms with Crippen molar-refractivity contribution in [1.29, 1.82) is 0 Å². The first-order chi connectivity index (χ1) is 12.5. The molecule has 1 aromatic carbocycles. The van der Waals surface area contributed by atoms with Gasteiger partial charge in [0.25, 0.3) is 0 Å². The van der Waals surface area contributed by atoms with Gasteiger partial charge in [-0.1, -0.05) is 31.6 Å². The van der Waals surface area contributed by atoms with Gasteiger partial charge in [-0.05, 0) is 24.1 Å². The second-order valence-corrected chi connectivity index (χ2v) is 7.01. The highest BCUT2D eigenvalue weighted by Crippen LogP contribution is 2.37. The lowest BCUT2D eigenvalue weighted by atomic mass is 9.98. The van der Waals surface area contributed by atoms with Gasteiger partial charge in [-0.15, -0.1) is 10.2 Å². The molecule has 2 amide bonds. The second-order valence-electron chi connectivity index (χ2n) is 6.03. The van der Waals surface area contributed by atoms with Gasteiger partial charge in [-0.3, -0.25) is 14.9 Å². The van der Waals surface area contributed by atoms with E-state index < -0.39 is 6.04 Å². The molecule has 8 nitrogen and oxygen atoms in total. The molecule has 0 fully saturated rings. The van der Waals surface area contributed by atoms with E-state index in [2.05, 4.69) is 20.8 Å². The van der Waals surface area contributed by atoms with Gasteiger partial charge in [-0.25, -0.2) is 0 Å². The van der Waals surface area contributed by atoms with E-state index in [-0.39, 0.29) is 24.5 Å². The zero-order valence-electron chi connectivity index (χ0n) is 14.7. The molecule has 3 rings (SSSR count). The highest BCUT2D eigenvalue weighted by atomic mass is 32.1. The highest BCUT2D eigenvalue weighted by Gasteiger charge is 2.26. The molecule has 2 aromatic rings. The molecule has 0 saturated heterocycles. The zero-order chi connectivity index (χ0) is 18.7. The molecule has 1 aliphatic heterocycles. The van der Waals surface area contributed by atoms with Gasteiger partial charge in [0.05, 0.1) is 0 Å². The molecule has 0 saturated carbocycles. The highest BCUT2D eigenvalue weighted by molar-refractivity contribution is 7.18. The molecule has 9 heteroatoms. The van der Waals surface area contributed by atoms with Gasteiger partial charge in [0.1, 0.15) is 11.0 Å². The lowest BCUT2D eigenvalue weighted by Crippen LogP contribution is -2.46. The van der Waals surface area contributed by atoms with Crippen LogP contribution in [0.1, 0.15) is 27.2 Å². The van der Waals surface area contributed by atoms with Crippen molar-refractivity contribution in [2.24, 2.45) is 5.92 Å². The van der Waals surface area contributed by atoms with Crippen molar-refractivity contribution < 1.29 is 19.1 Å². The number of amides is 2. The minimum atomic E-state index is -0.615. The average Bonchev–Trinajstić information content (AvgIpc) is 3.27. The maximum Gasteiger partial charge on any atom is 0.249 e. The van der Waals surface area contributed by atoms with Crippen molar-refractivity contribution in [2.45, 2.75) is 33.2 Å². The Bertz CT molecular complexity index is 823. The van der Waals surface area contributed by atoms with Crippen LogP contribution in [-0.2, 0) is 9.59 Å². The number of nitrogens with zero attached hydrogens (tertiary/aromatic N) is 2. The first kappa shape index (κ1) is 18.1. The van der Waals surface area contributed by atoms with Gasteiger partial charge in [-0.2, -0.15) is 0 Å². The Labute approximate surface area is 154 Å². The molecule has 0 bridgehead atoms. The summed E-state index contributed by atoms with van der Waals surface area (Å²) in [5, 5.41) is 14.6. The molecule has 26 heavy (non-hydrogen) atoms. The van der Waals surface area contributed by atoms with E-state index in [1.54, 1.807) is 0 Å². The van der Waals surface area contributed by atoms with Crippen LogP contribution in [0.25, 0.3) is 10.6 Å². The van der Waals surface area contributed by atoms with E-state index in [1.807, 2.05) is 32.0 Å². The summed E-state index contributed by atoms with van der Waals surface area (Å²) in [6.45, 7) is 5.48. The Hall–Kier alpha value is -2.68. The molecule has 2 N–H and O–H groups in total. The largest absolute Gasteiger partial charge is 0.454 e. The van der Waals surface area contributed by atoms with Crippen molar-refractivity contribution in [2.75, 3.05) is 12.1 Å². The van der Waals surface area contributed by atoms with Crippen molar-refractivity contribution in [3.05, 3.63) is 18.2 Å². The zero-order valence-corrected chi connectivity index (χ0v) is 15.6. The molecule has 0 aliphatic carbocycles. The van der Waals surface area contributed by atoms with Gasteiger partial charge in [0.15, 0.2) is 11.5 Å². The number of anilines is 1. The number of fused-ring (bicyclic) bond motifs is 1. The molecular weight excluding hydrogens is 356 g/mol. The number of carbonyl (C=O) groups is 2. The topological polar surface area (TPSA) is 102 Å². The Kier molecular flexibility index (Phi) is 5.36. The third-order valence-electron chi connectivity index (χ3n) is 4.13. The first-order valence-corrected chi connectivity index (χ1v) is 9.11. The number of nitrogens with one attached hydrogen (secondary N) is 2. The second kappa shape index (κ2) is 7.69. The van der Waals surface area contributed by atoms with Crippen LogP contribution < -0.4 is 20.1 Å². The number of carbonyl (C=O) groups excluding carboxylic acids is 2.